The summed E-state index contributed by atoms with van der Waals surface area (Å²) in [5, 5.41) is 2.83. The number of likely N-dealkylation sites (N-methyl/N-ethyl adjacent to an activating group) is 1. The van der Waals surface area contributed by atoms with Gasteiger partial charge in [-0.15, -0.1) is 0 Å². The molecule has 1 aliphatic rings. The van der Waals surface area contributed by atoms with Gasteiger partial charge in [0.1, 0.15) is 5.75 Å². The van der Waals surface area contributed by atoms with Gasteiger partial charge in [-0.1, -0.05) is 0 Å². The second-order valence-electron chi connectivity index (χ2n) is 6.88. The molecule has 1 heterocycles. The van der Waals surface area contributed by atoms with E-state index in [4.69, 9.17) is 4.74 Å². The predicted octanol–water partition coefficient (Wildman–Crippen LogP) is 2.35. The first-order valence-electron chi connectivity index (χ1n) is 8.84. The maximum Gasteiger partial charge on any atom is 0.238 e. The monoisotopic (exact) mass is 347 g/mol. The SMILES string of the molecule is COc1ccc(NC(=O)CN(C)CC(=O)N2[C@H](C)CCC[C@H]2C)cc1. The van der Waals surface area contributed by atoms with Crippen LogP contribution in [0.15, 0.2) is 24.3 Å². The molecule has 1 saturated heterocycles. The lowest BCUT2D eigenvalue weighted by Gasteiger charge is -2.39. The summed E-state index contributed by atoms with van der Waals surface area (Å²) in [6.45, 7) is 4.63. The second-order valence-corrected chi connectivity index (χ2v) is 6.88. The Morgan fingerprint density at radius 1 is 1.16 bits per heavy atom. The van der Waals surface area contributed by atoms with Gasteiger partial charge < -0.3 is 15.0 Å². The molecule has 1 aliphatic heterocycles. The lowest BCUT2D eigenvalue weighted by molar-refractivity contribution is -0.138. The Morgan fingerprint density at radius 3 is 2.32 bits per heavy atom. The van der Waals surface area contributed by atoms with Crippen LogP contribution in [0, 0.1) is 0 Å². The zero-order valence-corrected chi connectivity index (χ0v) is 15.6. The number of piperidine rings is 1. The first-order valence-corrected chi connectivity index (χ1v) is 8.84. The first kappa shape index (κ1) is 19.2. The molecule has 6 nitrogen and oxygen atoms in total. The van der Waals surface area contributed by atoms with Gasteiger partial charge in [-0.05, 0) is 64.4 Å². The standard InChI is InChI=1S/C19H29N3O3/c1-14-6-5-7-15(2)22(14)19(24)13-21(3)12-18(23)20-16-8-10-17(25-4)11-9-16/h8-11,14-15H,5-7,12-13H2,1-4H3,(H,20,23)/t14-,15-/m1/s1. The van der Waals surface area contributed by atoms with Crippen molar-refractivity contribution in [3.05, 3.63) is 24.3 Å². The zero-order chi connectivity index (χ0) is 18.4. The Labute approximate surface area is 150 Å². The number of nitrogens with one attached hydrogen (secondary N) is 1. The number of ether oxygens (including phenoxy) is 1. The normalized spacial score (nSPS) is 20.4. The molecule has 0 saturated carbocycles. The van der Waals surface area contributed by atoms with Crippen LogP contribution < -0.4 is 10.1 Å². The number of nitrogens with zero attached hydrogens (tertiary/aromatic N) is 2. The van der Waals surface area contributed by atoms with E-state index in [0.29, 0.717) is 5.69 Å². The van der Waals surface area contributed by atoms with Crippen molar-refractivity contribution in [3.63, 3.8) is 0 Å². The molecular formula is C19H29N3O3. The molecule has 0 bridgehead atoms. The van der Waals surface area contributed by atoms with E-state index in [9.17, 15) is 9.59 Å². The van der Waals surface area contributed by atoms with Crippen molar-refractivity contribution in [3.8, 4) is 5.75 Å². The highest BCUT2D eigenvalue weighted by Gasteiger charge is 2.29. The molecule has 0 spiro atoms. The molecule has 2 atom stereocenters. The summed E-state index contributed by atoms with van der Waals surface area (Å²) >= 11 is 0. The van der Waals surface area contributed by atoms with E-state index in [1.54, 1.807) is 43.3 Å². The molecule has 1 aromatic carbocycles. The van der Waals surface area contributed by atoms with Gasteiger partial charge in [-0.25, -0.2) is 0 Å². The third-order valence-electron chi connectivity index (χ3n) is 4.67. The van der Waals surface area contributed by atoms with Crippen LogP contribution in [0.2, 0.25) is 0 Å². The number of carbonyl (C=O) groups is 2. The minimum Gasteiger partial charge on any atom is -0.497 e. The van der Waals surface area contributed by atoms with Crippen molar-refractivity contribution in [2.45, 2.75) is 45.2 Å². The smallest absolute Gasteiger partial charge is 0.238 e. The number of hydrogen-bond acceptors (Lipinski definition) is 4. The van der Waals surface area contributed by atoms with Gasteiger partial charge in [0.2, 0.25) is 11.8 Å². The number of hydrogen-bond donors (Lipinski definition) is 1. The van der Waals surface area contributed by atoms with Gasteiger partial charge >= 0.3 is 0 Å². The van der Waals surface area contributed by atoms with Gasteiger partial charge in [0.05, 0.1) is 20.2 Å². The third-order valence-corrected chi connectivity index (χ3v) is 4.67. The first-order chi connectivity index (χ1) is 11.9. The molecule has 1 N–H and O–H groups in total. The quantitative estimate of drug-likeness (QED) is 0.858. The van der Waals surface area contributed by atoms with Crippen LogP contribution in [0.4, 0.5) is 5.69 Å². The van der Waals surface area contributed by atoms with E-state index in [0.717, 1.165) is 18.6 Å². The zero-order valence-electron chi connectivity index (χ0n) is 15.6. The molecule has 1 fully saturated rings. The van der Waals surface area contributed by atoms with E-state index < -0.39 is 0 Å². The second kappa shape index (κ2) is 8.85. The molecule has 2 amide bonds. The lowest BCUT2D eigenvalue weighted by atomic mass is 9.97. The van der Waals surface area contributed by atoms with Crippen LogP contribution >= 0.6 is 0 Å². The number of likely N-dealkylation sites (tertiary alicyclic amines) is 1. The summed E-state index contributed by atoms with van der Waals surface area (Å²) < 4.78 is 5.09. The number of anilines is 1. The van der Waals surface area contributed by atoms with E-state index in [-0.39, 0.29) is 37.0 Å². The fourth-order valence-corrected chi connectivity index (χ4v) is 3.40. The molecule has 138 valence electrons. The summed E-state index contributed by atoms with van der Waals surface area (Å²) in [7, 11) is 3.40. The predicted molar refractivity (Wildman–Crippen MR) is 98.7 cm³/mol. The average molecular weight is 347 g/mol. The average Bonchev–Trinajstić information content (AvgIpc) is 2.55. The Morgan fingerprint density at radius 2 is 1.76 bits per heavy atom. The maximum absolute atomic E-state index is 12.6. The van der Waals surface area contributed by atoms with Gasteiger partial charge in [0.25, 0.3) is 0 Å². The van der Waals surface area contributed by atoms with Crippen LogP contribution in [0.5, 0.6) is 5.75 Å². The molecule has 0 aromatic heterocycles. The van der Waals surface area contributed by atoms with Crippen LogP contribution in [0.3, 0.4) is 0 Å². The Bertz CT molecular complexity index is 578. The molecular weight excluding hydrogens is 318 g/mol. The minimum atomic E-state index is -0.139. The highest BCUT2D eigenvalue weighted by atomic mass is 16.5. The minimum absolute atomic E-state index is 0.0967. The summed E-state index contributed by atoms with van der Waals surface area (Å²) in [4.78, 5) is 28.5. The molecule has 0 unspecified atom stereocenters. The largest absolute Gasteiger partial charge is 0.497 e. The lowest BCUT2D eigenvalue weighted by Crippen LogP contribution is -2.51. The number of benzene rings is 1. The molecule has 25 heavy (non-hydrogen) atoms. The Kier molecular flexibility index (Phi) is 6.82. The number of rotatable bonds is 6. The van der Waals surface area contributed by atoms with Crippen LogP contribution in [-0.4, -0.2) is 60.9 Å². The van der Waals surface area contributed by atoms with E-state index in [1.165, 1.54) is 6.42 Å². The van der Waals surface area contributed by atoms with Gasteiger partial charge in [-0.2, -0.15) is 0 Å². The van der Waals surface area contributed by atoms with E-state index >= 15 is 0 Å². The Balaban J connectivity index is 1.82. The van der Waals surface area contributed by atoms with Gasteiger partial charge in [0, 0.05) is 17.8 Å². The third kappa shape index (κ3) is 5.46. The van der Waals surface area contributed by atoms with Crippen LogP contribution in [0.1, 0.15) is 33.1 Å². The maximum atomic E-state index is 12.6. The fourth-order valence-electron chi connectivity index (χ4n) is 3.40. The molecule has 6 heteroatoms. The summed E-state index contributed by atoms with van der Waals surface area (Å²) in [6.07, 6.45) is 3.28. The van der Waals surface area contributed by atoms with Crippen LogP contribution in [0.25, 0.3) is 0 Å². The summed E-state index contributed by atoms with van der Waals surface area (Å²) in [5.41, 5.74) is 0.712. The van der Waals surface area contributed by atoms with E-state index in [2.05, 4.69) is 19.2 Å². The van der Waals surface area contributed by atoms with Crippen molar-refractivity contribution in [2.24, 2.45) is 0 Å². The topological polar surface area (TPSA) is 61.9 Å². The fraction of sp³-hybridized carbons (Fsp3) is 0.579. The van der Waals surface area contributed by atoms with Crippen molar-refractivity contribution in [2.75, 3.05) is 32.6 Å². The molecule has 2 rings (SSSR count). The van der Waals surface area contributed by atoms with Crippen molar-refractivity contribution in [1.29, 1.82) is 0 Å². The molecule has 0 aliphatic carbocycles. The highest BCUT2D eigenvalue weighted by Crippen LogP contribution is 2.22. The highest BCUT2D eigenvalue weighted by molar-refractivity contribution is 5.92. The van der Waals surface area contributed by atoms with Crippen molar-refractivity contribution < 1.29 is 14.3 Å². The van der Waals surface area contributed by atoms with Crippen molar-refractivity contribution in [1.82, 2.24) is 9.80 Å². The van der Waals surface area contributed by atoms with E-state index in [1.807, 2.05) is 4.90 Å². The van der Waals surface area contributed by atoms with Gasteiger partial charge in [0.15, 0.2) is 0 Å². The number of amides is 2. The Hall–Kier alpha value is -2.08. The number of methoxy groups -OCH3 is 1. The van der Waals surface area contributed by atoms with Gasteiger partial charge in [-0.3, -0.25) is 14.5 Å². The summed E-state index contributed by atoms with van der Waals surface area (Å²) in [5.74, 6) is 0.699. The van der Waals surface area contributed by atoms with Crippen LogP contribution in [-0.2, 0) is 9.59 Å². The van der Waals surface area contributed by atoms with Crippen molar-refractivity contribution >= 4 is 17.5 Å². The number of carbonyl (C=O) groups excluding carboxylic acids is 2. The molecule has 0 radical (unpaired) electrons. The summed E-state index contributed by atoms with van der Waals surface area (Å²) in [6, 6.07) is 7.72. The molecule has 1 aromatic rings.